The average molecular weight is 358 g/mol. The summed E-state index contributed by atoms with van der Waals surface area (Å²) < 4.78 is 0.406. The first kappa shape index (κ1) is 16.2. The lowest BCUT2D eigenvalue weighted by Gasteiger charge is -2.10. The van der Waals surface area contributed by atoms with E-state index in [2.05, 4.69) is 32.7 Å². The lowest BCUT2D eigenvalue weighted by molar-refractivity contribution is -0.398. The molecular formula is C11H10BrN4O3S-. The Morgan fingerprint density at radius 3 is 2.90 bits per heavy atom. The fourth-order valence-corrected chi connectivity index (χ4v) is 2.01. The molecule has 106 valence electrons. The number of halogens is 1. The van der Waals surface area contributed by atoms with Crippen LogP contribution in [0.1, 0.15) is 5.56 Å². The predicted molar refractivity (Wildman–Crippen MR) is 82.1 cm³/mol. The highest BCUT2D eigenvalue weighted by Gasteiger charge is 2.10. The van der Waals surface area contributed by atoms with Crippen molar-refractivity contribution in [2.24, 2.45) is 15.9 Å². The maximum absolute atomic E-state index is 11.8. The van der Waals surface area contributed by atoms with Gasteiger partial charge in [-0.2, -0.15) is 5.10 Å². The van der Waals surface area contributed by atoms with Crippen LogP contribution < -0.4 is 10.8 Å². The Hall–Kier alpha value is -1.87. The van der Waals surface area contributed by atoms with E-state index in [0.29, 0.717) is 10.2 Å². The van der Waals surface area contributed by atoms with E-state index in [1.807, 2.05) is 0 Å². The molecule has 7 nitrogen and oxygen atoms in total. The number of rotatable bonds is 5. The molecule has 0 spiro atoms. The summed E-state index contributed by atoms with van der Waals surface area (Å²) in [6.07, 6.45) is 2.78. The molecule has 0 saturated heterocycles. The van der Waals surface area contributed by atoms with Crippen molar-refractivity contribution in [3.05, 3.63) is 44.9 Å². The Morgan fingerprint density at radius 1 is 1.60 bits per heavy atom. The number of thioether (sulfide) groups is 1. The summed E-state index contributed by atoms with van der Waals surface area (Å²) in [6.45, 7) is 3.53. The van der Waals surface area contributed by atoms with Gasteiger partial charge in [-0.25, -0.2) is 0 Å². The molecular weight excluding hydrogens is 348 g/mol. The highest BCUT2D eigenvalue weighted by Crippen LogP contribution is 2.30. The highest BCUT2D eigenvalue weighted by atomic mass is 79.9. The van der Waals surface area contributed by atoms with Crippen molar-refractivity contribution >= 4 is 44.8 Å². The van der Waals surface area contributed by atoms with Gasteiger partial charge in [0, 0.05) is 16.3 Å². The van der Waals surface area contributed by atoms with Gasteiger partial charge in [0.05, 0.1) is 11.1 Å². The van der Waals surface area contributed by atoms with Gasteiger partial charge in [-0.1, -0.05) is 33.8 Å². The average Bonchev–Trinajstić information content (AvgIpc) is 2.39. The molecule has 0 aliphatic carbocycles. The molecule has 0 amide bonds. The van der Waals surface area contributed by atoms with Crippen molar-refractivity contribution in [2.45, 2.75) is 0 Å². The van der Waals surface area contributed by atoms with Crippen LogP contribution in [-0.4, -0.2) is 22.1 Å². The molecule has 1 aromatic rings. The SMILES string of the molecule is C=CCS/C(N)=N/N=C\c1cc(Br)cc([N+](=O)[O-])c1[O-]. The van der Waals surface area contributed by atoms with Crippen molar-refractivity contribution < 1.29 is 10.0 Å². The van der Waals surface area contributed by atoms with Gasteiger partial charge in [0.25, 0.3) is 5.69 Å². The Kier molecular flexibility index (Phi) is 6.19. The smallest absolute Gasteiger partial charge is 0.263 e. The Bertz CT molecular complexity index is 589. The van der Waals surface area contributed by atoms with Crippen molar-refractivity contribution in [3.8, 4) is 5.75 Å². The summed E-state index contributed by atoms with van der Waals surface area (Å²) in [5.41, 5.74) is 5.05. The van der Waals surface area contributed by atoms with E-state index in [1.165, 1.54) is 17.8 Å². The van der Waals surface area contributed by atoms with Crippen LogP contribution in [0.2, 0.25) is 0 Å². The van der Waals surface area contributed by atoms with E-state index >= 15 is 0 Å². The van der Waals surface area contributed by atoms with Crippen LogP contribution in [0.5, 0.6) is 5.75 Å². The van der Waals surface area contributed by atoms with Gasteiger partial charge in [0.2, 0.25) is 0 Å². The van der Waals surface area contributed by atoms with Crippen molar-refractivity contribution in [2.75, 3.05) is 5.75 Å². The molecule has 1 rings (SSSR count). The van der Waals surface area contributed by atoms with E-state index < -0.39 is 16.4 Å². The van der Waals surface area contributed by atoms with Gasteiger partial charge < -0.3 is 10.8 Å². The quantitative estimate of drug-likeness (QED) is 0.284. The van der Waals surface area contributed by atoms with Crippen LogP contribution in [0.4, 0.5) is 5.69 Å². The maximum Gasteiger partial charge on any atom is 0.263 e. The van der Waals surface area contributed by atoms with Crippen molar-refractivity contribution in [1.29, 1.82) is 0 Å². The largest absolute Gasteiger partial charge is 0.867 e. The number of hydrogen-bond acceptors (Lipinski definition) is 6. The predicted octanol–water partition coefficient (Wildman–Crippen LogP) is 2.00. The summed E-state index contributed by atoms with van der Waals surface area (Å²) in [7, 11) is 0. The second-order valence-corrected chi connectivity index (χ2v) is 5.34. The zero-order valence-corrected chi connectivity index (χ0v) is 12.6. The number of hydrogen-bond donors (Lipinski definition) is 1. The van der Waals surface area contributed by atoms with Gasteiger partial charge in [0.1, 0.15) is 0 Å². The normalized spacial score (nSPS) is 11.8. The third kappa shape index (κ3) is 4.67. The van der Waals surface area contributed by atoms with E-state index in [1.54, 1.807) is 6.08 Å². The van der Waals surface area contributed by atoms with E-state index in [-0.39, 0.29) is 10.7 Å². The Labute approximate surface area is 127 Å². The first-order valence-electron chi connectivity index (χ1n) is 5.21. The standard InChI is InChI=1S/C11H11BrN4O3S/c1-2-3-20-11(13)15-14-6-7-4-8(12)5-9(10(7)17)16(18)19/h2,4-6,17H,1,3H2,(H2,13,15)/p-1/b14-6-. The molecule has 0 unspecified atom stereocenters. The third-order valence-electron chi connectivity index (χ3n) is 1.96. The minimum atomic E-state index is -0.748. The minimum absolute atomic E-state index is 0.0522. The van der Waals surface area contributed by atoms with Gasteiger partial charge in [0.15, 0.2) is 5.17 Å². The zero-order valence-electron chi connectivity index (χ0n) is 10.2. The molecule has 0 bridgehead atoms. The van der Waals surface area contributed by atoms with Crippen LogP contribution in [-0.2, 0) is 0 Å². The molecule has 20 heavy (non-hydrogen) atoms. The van der Waals surface area contributed by atoms with Crippen LogP contribution in [0, 0.1) is 10.1 Å². The molecule has 0 saturated carbocycles. The summed E-state index contributed by atoms with van der Waals surface area (Å²) >= 11 is 4.32. The second-order valence-electron chi connectivity index (χ2n) is 3.38. The van der Waals surface area contributed by atoms with Gasteiger partial charge in [-0.05, 0) is 17.4 Å². The van der Waals surface area contributed by atoms with Crippen LogP contribution in [0.25, 0.3) is 0 Å². The number of nitrogens with zero attached hydrogens (tertiary/aromatic N) is 3. The molecule has 0 radical (unpaired) electrons. The van der Waals surface area contributed by atoms with Crippen molar-refractivity contribution in [1.82, 2.24) is 0 Å². The molecule has 0 aliphatic rings. The fraction of sp³-hybridized carbons (Fsp3) is 0.0909. The Balaban J connectivity index is 2.98. The monoisotopic (exact) mass is 357 g/mol. The highest BCUT2D eigenvalue weighted by molar-refractivity contribution is 9.10. The number of nitro groups is 1. The summed E-state index contributed by atoms with van der Waals surface area (Å²) in [5, 5.41) is 30.0. The van der Waals surface area contributed by atoms with Crippen LogP contribution >= 0.6 is 27.7 Å². The number of benzene rings is 1. The van der Waals surface area contributed by atoms with Crippen LogP contribution in [0.3, 0.4) is 0 Å². The molecule has 0 fully saturated rings. The third-order valence-corrected chi connectivity index (χ3v) is 3.20. The van der Waals surface area contributed by atoms with Gasteiger partial charge in [-0.15, -0.1) is 11.7 Å². The number of amidine groups is 1. The first-order valence-corrected chi connectivity index (χ1v) is 6.98. The molecule has 1 aromatic carbocycles. The number of nitrogens with two attached hydrogens (primary N) is 1. The molecule has 0 aliphatic heterocycles. The van der Waals surface area contributed by atoms with Crippen molar-refractivity contribution in [3.63, 3.8) is 0 Å². The lowest BCUT2D eigenvalue weighted by Crippen LogP contribution is -2.06. The molecule has 0 heterocycles. The van der Waals surface area contributed by atoms with Gasteiger partial charge in [-0.3, -0.25) is 10.1 Å². The summed E-state index contributed by atoms with van der Waals surface area (Å²) in [6, 6.07) is 2.55. The maximum atomic E-state index is 11.8. The lowest BCUT2D eigenvalue weighted by atomic mass is 10.2. The van der Waals surface area contributed by atoms with E-state index in [4.69, 9.17) is 5.73 Å². The first-order chi connectivity index (χ1) is 9.45. The molecule has 0 atom stereocenters. The van der Waals surface area contributed by atoms with Crippen LogP contribution in [0.15, 0.2) is 39.5 Å². The minimum Gasteiger partial charge on any atom is -0.867 e. The second kappa shape index (κ2) is 7.65. The topological polar surface area (TPSA) is 117 Å². The number of nitro benzene ring substituents is 1. The molecule has 2 N–H and O–H groups in total. The Morgan fingerprint density at radius 2 is 2.30 bits per heavy atom. The fourth-order valence-electron chi connectivity index (χ4n) is 1.15. The summed E-state index contributed by atoms with van der Waals surface area (Å²) in [5.74, 6) is -0.144. The van der Waals surface area contributed by atoms with Gasteiger partial charge >= 0.3 is 0 Å². The zero-order chi connectivity index (χ0) is 15.1. The molecule has 0 aromatic heterocycles. The van der Waals surface area contributed by atoms with E-state index in [0.717, 1.165) is 12.3 Å². The summed E-state index contributed by atoms with van der Waals surface area (Å²) in [4.78, 5) is 9.96. The molecule has 9 heteroatoms. The van der Waals surface area contributed by atoms with E-state index in [9.17, 15) is 15.2 Å².